The topological polar surface area (TPSA) is 24.9 Å². The molecule has 0 bridgehead atoms. The summed E-state index contributed by atoms with van der Waals surface area (Å²) in [4.78, 5) is 4.50. The summed E-state index contributed by atoms with van der Waals surface area (Å²) in [5.74, 6) is 1.03. The van der Waals surface area contributed by atoms with E-state index in [0.29, 0.717) is 0 Å². The van der Waals surface area contributed by atoms with E-state index in [-0.39, 0.29) is 5.54 Å². The van der Waals surface area contributed by atoms with E-state index in [2.05, 4.69) is 47.6 Å². The first-order valence-electron chi connectivity index (χ1n) is 6.39. The molecule has 0 saturated heterocycles. The molecule has 88 valence electrons. The molecular weight excluding hydrogens is 208 g/mol. The quantitative estimate of drug-likeness (QED) is 0.837. The molecule has 1 aliphatic carbocycles. The predicted octanol–water partition coefficient (Wildman–Crippen LogP) is 3.98. The van der Waals surface area contributed by atoms with Crippen LogP contribution in [0.4, 0.5) is 5.82 Å². The van der Waals surface area contributed by atoms with E-state index in [0.717, 1.165) is 5.82 Å². The molecule has 0 aliphatic heterocycles. The van der Waals surface area contributed by atoms with Gasteiger partial charge in [0.25, 0.3) is 0 Å². The maximum atomic E-state index is 4.50. The van der Waals surface area contributed by atoms with Gasteiger partial charge in [0.15, 0.2) is 0 Å². The third-order valence-corrected chi connectivity index (χ3v) is 3.80. The Kier molecular flexibility index (Phi) is 2.50. The molecule has 0 radical (unpaired) electrons. The van der Waals surface area contributed by atoms with E-state index in [4.69, 9.17) is 0 Å². The summed E-state index contributed by atoms with van der Waals surface area (Å²) in [5.41, 5.74) is 0.233. The fraction of sp³-hybridized carbons (Fsp3) is 0.400. The number of anilines is 1. The Morgan fingerprint density at radius 3 is 2.71 bits per heavy atom. The van der Waals surface area contributed by atoms with Crippen LogP contribution in [0.5, 0.6) is 0 Å². The first-order valence-corrected chi connectivity index (χ1v) is 6.39. The third kappa shape index (κ3) is 1.99. The number of aromatic nitrogens is 1. The van der Waals surface area contributed by atoms with Gasteiger partial charge >= 0.3 is 0 Å². The van der Waals surface area contributed by atoms with Crippen molar-refractivity contribution < 1.29 is 0 Å². The van der Waals surface area contributed by atoms with Crippen LogP contribution in [-0.4, -0.2) is 10.5 Å². The molecule has 2 nitrogen and oxygen atoms in total. The van der Waals surface area contributed by atoms with Crippen LogP contribution in [0.15, 0.2) is 36.5 Å². The molecule has 1 heterocycles. The van der Waals surface area contributed by atoms with Gasteiger partial charge in [0.2, 0.25) is 0 Å². The number of hydrogen-bond donors (Lipinski definition) is 1. The molecule has 1 saturated carbocycles. The van der Waals surface area contributed by atoms with Crippen LogP contribution in [0.25, 0.3) is 10.8 Å². The number of hydrogen-bond acceptors (Lipinski definition) is 2. The van der Waals surface area contributed by atoms with E-state index in [1.54, 1.807) is 0 Å². The van der Waals surface area contributed by atoms with Crippen LogP contribution >= 0.6 is 0 Å². The lowest BCUT2D eigenvalue weighted by molar-refractivity contribution is 0.532. The van der Waals surface area contributed by atoms with Gasteiger partial charge in [0.05, 0.1) is 0 Å². The molecule has 0 atom stereocenters. The molecular formula is C15H18N2. The van der Waals surface area contributed by atoms with Crippen molar-refractivity contribution in [2.45, 2.75) is 38.1 Å². The standard InChI is InChI=1S/C15H18N2/c1-15(9-4-5-10-15)17-14-13-7-3-2-6-12(13)8-11-16-14/h2-3,6-8,11H,4-5,9-10H2,1H3,(H,16,17). The number of pyridine rings is 1. The van der Waals surface area contributed by atoms with Crippen molar-refractivity contribution in [1.29, 1.82) is 0 Å². The van der Waals surface area contributed by atoms with Crippen LogP contribution in [0.3, 0.4) is 0 Å². The lowest BCUT2D eigenvalue weighted by Crippen LogP contribution is -2.31. The zero-order chi connectivity index (χ0) is 11.7. The van der Waals surface area contributed by atoms with Gasteiger partial charge in [-0.15, -0.1) is 0 Å². The summed E-state index contributed by atoms with van der Waals surface area (Å²) < 4.78 is 0. The van der Waals surface area contributed by atoms with E-state index in [9.17, 15) is 0 Å². The molecule has 2 heteroatoms. The summed E-state index contributed by atoms with van der Waals surface area (Å²) in [5, 5.41) is 6.13. The predicted molar refractivity (Wildman–Crippen MR) is 72.2 cm³/mol. The minimum atomic E-state index is 0.233. The minimum Gasteiger partial charge on any atom is -0.364 e. The van der Waals surface area contributed by atoms with E-state index < -0.39 is 0 Å². The highest BCUT2D eigenvalue weighted by Gasteiger charge is 2.28. The number of fused-ring (bicyclic) bond motifs is 1. The van der Waals surface area contributed by atoms with Crippen LogP contribution in [-0.2, 0) is 0 Å². The Bertz CT molecular complexity index is 522. The second-order valence-electron chi connectivity index (χ2n) is 5.27. The monoisotopic (exact) mass is 226 g/mol. The van der Waals surface area contributed by atoms with Crippen molar-refractivity contribution in [2.24, 2.45) is 0 Å². The van der Waals surface area contributed by atoms with Gasteiger partial charge in [-0.2, -0.15) is 0 Å². The third-order valence-electron chi connectivity index (χ3n) is 3.80. The average Bonchev–Trinajstić information content (AvgIpc) is 2.76. The number of benzene rings is 1. The SMILES string of the molecule is CC1(Nc2nccc3ccccc23)CCCC1. The molecule has 1 N–H and O–H groups in total. The van der Waals surface area contributed by atoms with Crippen molar-refractivity contribution in [1.82, 2.24) is 4.98 Å². The normalized spacial score (nSPS) is 18.4. The number of nitrogens with zero attached hydrogens (tertiary/aromatic N) is 1. The lowest BCUT2D eigenvalue weighted by Gasteiger charge is -2.26. The Balaban J connectivity index is 2.00. The van der Waals surface area contributed by atoms with Gasteiger partial charge in [-0.05, 0) is 31.2 Å². The van der Waals surface area contributed by atoms with Crippen LogP contribution in [0.2, 0.25) is 0 Å². The maximum absolute atomic E-state index is 4.50. The first kappa shape index (κ1) is 10.6. The van der Waals surface area contributed by atoms with E-state index >= 15 is 0 Å². The molecule has 3 rings (SSSR count). The molecule has 1 aromatic carbocycles. The highest BCUT2D eigenvalue weighted by atomic mass is 15.1. The van der Waals surface area contributed by atoms with Gasteiger partial charge in [-0.1, -0.05) is 37.1 Å². The molecule has 0 amide bonds. The van der Waals surface area contributed by atoms with Gasteiger partial charge in [0, 0.05) is 17.1 Å². The highest BCUT2D eigenvalue weighted by Crippen LogP contribution is 2.33. The molecule has 1 fully saturated rings. The van der Waals surface area contributed by atoms with E-state index in [1.165, 1.54) is 36.5 Å². The maximum Gasteiger partial charge on any atom is 0.134 e. The number of nitrogens with one attached hydrogen (secondary N) is 1. The van der Waals surface area contributed by atoms with E-state index in [1.807, 2.05) is 6.20 Å². The van der Waals surface area contributed by atoms with Crippen molar-refractivity contribution in [2.75, 3.05) is 5.32 Å². The molecule has 0 unspecified atom stereocenters. The summed E-state index contributed by atoms with van der Waals surface area (Å²) in [6.07, 6.45) is 7.04. The first-order chi connectivity index (χ1) is 8.27. The summed E-state index contributed by atoms with van der Waals surface area (Å²) in [6.45, 7) is 2.31. The molecule has 0 spiro atoms. The second-order valence-corrected chi connectivity index (χ2v) is 5.27. The van der Waals surface area contributed by atoms with Gasteiger partial charge in [-0.25, -0.2) is 4.98 Å². The van der Waals surface area contributed by atoms with Crippen LogP contribution < -0.4 is 5.32 Å². The molecule has 2 aromatic rings. The lowest BCUT2D eigenvalue weighted by atomic mass is 10.0. The number of rotatable bonds is 2. The van der Waals surface area contributed by atoms with Crippen LogP contribution in [0.1, 0.15) is 32.6 Å². The van der Waals surface area contributed by atoms with Gasteiger partial charge in [0.1, 0.15) is 5.82 Å². The van der Waals surface area contributed by atoms with Crippen molar-refractivity contribution in [3.63, 3.8) is 0 Å². The fourth-order valence-corrected chi connectivity index (χ4v) is 2.79. The van der Waals surface area contributed by atoms with Gasteiger partial charge < -0.3 is 5.32 Å². The summed E-state index contributed by atoms with van der Waals surface area (Å²) in [7, 11) is 0. The van der Waals surface area contributed by atoms with Crippen molar-refractivity contribution in [3.05, 3.63) is 36.5 Å². The Hall–Kier alpha value is -1.57. The second kappa shape index (κ2) is 4.02. The summed E-state index contributed by atoms with van der Waals surface area (Å²) >= 11 is 0. The fourth-order valence-electron chi connectivity index (χ4n) is 2.79. The molecule has 17 heavy (non-hydrogen) atoms. The average molecular weight is 226 g/mol. The highest BCUT2D eigenvalue weighted by molar-refractivity contribution is 5.91. The molecule has 1 aliphatic rings. The molecule has 1 aromatic heterocycles. The Morgan fingerprint density at radius 1 is 1.12 bits per heavy atom. The smallest absolute Gasteiger partial charge is 0.134 e. The Labute approximate surface area is 102 Å². The van der Waals surface area contributed by atoms with Gasteiger partial charge in [-0.3, -0.25) is 0 Å². The zero-order valence-electron chi connectivity index (χ0n) is 10.2. The minimum absolute atomic E-state index is 0.233. The van der Waals surface area contributed by atoms with Crippen molar-refractivity contribution in [3.8, 4) is 0 Å². The summed E-state index contributed by atoms with van der Waals surface area (Å²) in [6, 6.07) is 10.5. The largest absolute Gasteiger partial charge is 0.364 e. The zero-order valence-corrected chi connectivity index (χ0v) is 10.2. The van der Waals surface area contributed by atoms with Crippen molar-refractivity contribution >= 4 is 16.6 Å². The van der Waals surface area contributed by atoms with Crippen LogP contribution in [0, 0.1) is 0 Å². The Morgan fingerprint density at radius 2 is 1.88 bits per heavy atom.